The Morgan fingerprint density at radius 2 is 2.31 bits per heavy atom. The average Bonchev–Trinajstić information content (AvgIpc) is 3.19. The third-order valence-electron chi connectivity index (χ3n) is 3.58. The molecule has 1 atom stereocenters. The molecule has 0 saturated carbocycles. The van der Waals surface area contributed by atoms with Crippen LogP contribution in [-0.2, 0) is 6.54 Å². The quantitative estimate of drug-likeness (QED) is 0.492. The summed E-state index contributed by atoms with van der Waals surface area (Å²) < 4.78 is 20.9. The number of nitrogens with one attached hydrogen (secondary N) is 2. The van der Waals surface area contributed by atoms with Crippen molar-refractivity contribution >= 4 is 22.3 Å². The molecule has 1 aromatic carbocycles. The number of ether oxygens (including phenoxy) is 1. The zero-order valence-electron chi connectivity index (χ0n) is 14.8. The van der Waals surface area contributed by atoms with Gasteiger partial charge in [-0.1, -0.05) is 6.07 Å². The fraction of sp³-hybridized carbons (Fsp3) is 0.333. The third-order valence-corrected chi connectivity index (χ3v) is 4.35. The van der Waals surface area contributed by atoms with E-state index in [1.165, 1.54) is 12.1 Å². The molecule has 26 heavy (non-hydrogen) atoms. The predicted octanol–water partition coefficient (Wildman–Crippen LogP) is 3.06. The molecule has 0 aliphatic heterocycles. The van der Waals surface area contributed by atoms with Crippen LogP contribution in [0.1, 0.15) is 19.5 Å². The molecular weight excluding hydrogens is 353 g/mol. The number of hydrogen-bond donors (Lipinski definition) is 2. The van der Waals surface area contributed by atoms with Crippen LogP contribution in [-0.4, -0.2) is 34.5 Å². The van der Waals surface area contributed by atoms with Crippen molar-refractivity contribution in [1.29, 1.82) is 0 Å². The van der Waals surface area contributed by atoms with E-state index in [-0.39, 0.29) is 11.9 Å². The van der Waals surface area contributed by atoms with Crippen molar-refractivity contribution in [3.8, 4) is 5.75 Å². The summed E-state index contributed by atoms with van der Waals surface area (Å²) in [5, 5.41) is 8.44. The molecule has 1 unspecified atom stereocenters. The van der Waals surface area contributed by atoms with E-state index >= 15 is 0 Å². The molecule has 0 radical (unpaired) electrons. The first-order valence-corrected chi connectivity index (χ1v) is 9.37. The van der Waals surface area contributed by atoms with Crippen molar-refractivity contribution in [2.75, 3.05) is 13.1 Å². The molecule has 0 aliphatic carbocycles. The van der Waals surface area contributed by atoms with Crippen LogP contribution in [0.25, 0.3) is 4.96 Å². The number of benzene rings is 1. The van der Waals surface area contributed by atoms with Crippen molar-refractivity contribution in [2.24, 2.45) is 4.99 Å². The highest BCUT2D eigenvalue weighted by molar-refractivity contribution is 7.15. The zero-order valence-corrected chi connectivity index (χ0v) is 15.6. The number of guanidine groups is 1. The molecule has 2 N–H and O–H groups in total. The number of imidazole rings is 1. The van der Waals surface area contributed by atoms with E-state index in [0.717, 1.165) is 17.2 Å². The average molecular weight is 375 g/mol. The summed E-state index contributed by atoms with van der Waals surface area (Å²) in [6.45, 7) is 5.72. The first-order valence-electron chi connectivity index (χ1n) is 8.49. The van der Waals surface area contributed by atoms with E-state index in [1.54, 1.807) is 23.5 Å². The molecule has 138 valence electrons. The number of thiazole rings is 1. The largest absolute Gasteiger partial charge is 0.489 e. The Morgan fingerprint density at radius 1 is 1.42 bits per heavy atom. The van der Waals surface area contributed by atoms with Gasteiger partial charge in [0.2, 0.25) is 0 Å². The van der Waals surface area contributed by atoms with Crippen LogP contribution in [0.15, 0.2) is 47.0 Å². The van der Waals surface area contributed by atoms with Gasteiger partial charge in [-0.25, -0.2) is 14.4 Å². The number of fused-ring (bicyclic) bond motifs is 1. The Balaban J connectivity index is 1.54. The molecule has 0 saturated heterocycles. The van der Waals surface area contributed by atoms with Gasteiger partial charge in [0, 0.05) is 30.4 Å². The van der Waals surface area contributed by atoms with Crippen molar-refractivity contribution in [3.05, 3.63) is 53.6 Å². The molecule has 2 aromatic heterocycles. The Morgan fingerprint density at radius 3 is 3.08 bits per heavy atom. The van der Waals surface area contributed by atoms with Crippen LogP contribution in [0, 0.1) is 5.82 Å². The lowest BCUT2D eigenvalue weighted by Crippen LogP contribution is -2.41. The maximum Gasteiger partial charge on any atom is 0.193 e. The van der Waals surface area contributed by atoms with Gasteiger partial charge in [-0.15, -0.1) is 11.3 Å². The molecular formula is C18H22FN5OS. The lowest BCUT2D eigenvalue weighted by Gasteiger charge is -2.17. The van der Waals surface area contributed by atoms with Gasteiger partial charge >= 0.3 is 0 Å². The molecule has 0 fully saturated rings. The molecule has 0 amide bonds. The lowest BCUT2D eigenvalue weighted by molar-refractivity contribution is 0.223. The Bertz CT molecular complexity index is 847. The van der Waals surface area contributed by atoms with E-state index in [0.29, 0.717) is 24.8 Å². The number of aromatic nitrogens is 2. The van der Waals surface area contributed by atoms with E-state index in [2.05, 4.69) is 20.6 Å². The number of hydrogen-bond acceptors (Lipinski definition) is 4. The number of aliphatic imine (C=N–C) groups is 1. The van der Waals surface area contributed by atoms with Crippen molar-refractivity contribution in [2.45, 2.75) is 26.5 Å². The zero-order chi connectivity index (χ0) is 18.4. The SMILES string of the molecule is CCNC(=NCc1cn2ccsc2n1)NCC(C)Oc1cccc(F)c1. The van der Waals surface area contributed by atoms with Gasteiger partial charge in [-0.3, -0.25) is 4.40 Å². The number of rotatable bonds is 7. The topological polar surface area (TPSA) is 63.0 Å². The molecule has 3 rings (SSSR count). The van der Waals surface area contributed by atoms with Crippen LogP contribution < -0.4 is 15.4 Å². The molecule has 2 heterocycles. The van der Waals surface area contributed by atoms with Crippen LogP contribution in [0.2, 0.25) is 0 Å². The second-order valence-electron chi connectivity index (χ2n) is 5.79. The van der Waals surface area contributed by atoms with Crippen molar-refractivity contribution < 1.29 is 9.13 Å². The standard InChI is InChI=1S/C18H22FN5OS/c1-3-20-17(22-11-15-12-24-7-8-26-18(24)23-15)21-10-13(2)25-16-6-4-5-14(19)9-16/h4-9,12-13H,3,10-11H2,1-2H3,(H2,20,21,22). The van der Waals surface area contributed by atoms with Gasteiger partial charge in [0.25, 0.3) is 0 Å². The normalized spacial score (nSPS) is 13.0. The first kappa shape index (κ1) is 18.2. The smallest absolute Gasteiger partial charge is 0.193 e. The third kappa shape index (κ3) is 4.95. The molecule has 6 nitrogen and oxygen atoms in total. The van der Waals surface area contributed by atoms with E-state index < -0.39 is 0 Å². The van der Waals surface area contributed by atoms with Gasteiger partial charge in [0.1, 0.15) is 17.7 Å². The summed E-state index contributed by atoms with van der Waals surface area (Å²) in [7, 11) is 0. The molecule has 3 aromatic rings. The van der Waals surface area contributed by atoms with E-state index in [4.69, 9.17) is 4.74 Å². The maximum atomic E-state index is 13.2. The number of nitrogens with zero attached hydrogens (tertiary/aromatic N) is 3. The fourth-order valence-electron chi connectivity index (χ4n) is 2.41. The lowest BCUT2D eigenvalue weighted by atomic mass is 10.3. The monoisotopic (exact) mass is 375 g/mol. The Hall–Kier alpha value is -2.61. The van der Waals surface area contributed by atoms with Crippen LogP contribution >= 0.6 is 11.3 Å². The van der Waals surface area contributed by atoms with Crippen molar-refractivity contribution in [1.82, 2.24) is 20.0 Å². The summed E-state index contributed by atoms with van der Waals surface area (Å²) in [5.74, 6) is 0.899. The summed E-state index contributed by atoms with van der Waals surface area (Å²) >= 11 is 1.60. The number of halogens is 1. The van der Waals surface area contributed by atoms with Crippen molar-refractivity contribution in [3.63, 3.8) is 0 Å². The highest BCUT2D eigenvalue weighted by atomic mass is 32.1. The fourth-order valence-corrected chi connectivity index (χ4v) is 3.13. The van der Waals surface area contributed by atoms with Crippen LogP contribution in [0.5, 0.6) is 5.75 Å². The predicted molar refractivity (Wildman–Crippen MR) is 102 cm³/mol. The summed E-state index contributed by atoms with van der Waals surface area (Å²) in [4.78, 5) is 10.0. The summed E-state index contributed by atoms with van der Waals surface area (Å²) in [6.07, 6.45) is 3.82. The Labute approximate surface area is 155 Å². The molecule has 0 aliphatic rings. The van der Waals surface area contributed by atoms with Gasteiger partial charge in [-0.2, -0.15) is 0 Å². The highest BCUT2D eigenvalue weighted by Crippen LogP contribution is 2.14. The van der Waals surface area contributed by atoms with Gasteiger partial charge < -0.3 is 15.4 Å². The summed E-state index contributed by atoms with van der Waals surface area (Å²) in [5.41, 5.74) is 0.915. The van der Waals surface area contributed by atoms with Gasteiger partial charge in [0.05, 0.1) is 18.8 Å². The minimum atomic E-state index is -0.308. The minimum Gasteiger partial charge on any atom is -0.489 e. The summed E-state index contributed by atoms with van der Waals surface area (Å²) in [6, 6.07) is 6.14. The Kier molecular flexibility index (Phi) is 6.06. The second-order valence-corrected chi connectivity index (χ2v) is 6.66. The van der Waals surface area contributed by atoms with Crippen LogP contribution in [0.3, 0.4) is 0 Å². The highest BCUT2D eigenvalue weighted by Gasteiger charge is 2.07. The molecule has 0 bridgehead atoms. The molecule has 8 heteroatoms. The minimum absolute atomic E-state index is 0.140. The van der Waals surface area contributed by atoms with Gasteiger partial charge in [-0.05, 0) is 26.0 Å². The van der Waals surface area contributed by atoms with Crippen LogP contribution in [0.4, 0.5) is 4.39 Å². The second kappa shape index (κ2) is 8.66. The van der Waals surface area contributed by atoms with Gasteiger partial charge in [0.15, 0.2) is 10.9 Å². The maximum absolute atomic E-state index is 13.2. The first-order chi connectivity index (χ1) is 12.6. The molecule has 0 spiro atoms. The van der Waals surface area contributed by atoms with E-state index in [9.17, 15) is 4.39 Å². The van der Waals surface area contributed by atoms with E-state index in [1.807, 2.05) is 36.0 Å².